The molecule has 2 aromatic carbocycles. The van der Waals surface area contributed by atoms with Crippen molar-refractivity contribution in [3.8, 4) is 28.7 Å². The van der Waals surface area contributed by atoms with Crippen molar-refractivity contribution >= 4 is 0 Å². The molecule has 0 heterocycles. The van der Waals surface area contributed by atoms with Crippen LogP contribution in [0.4, 0.5) is 0 Å². The number of phenolic OH excluding ortho intramolecular Hbond substituents is 2. The fourth-order valence-corrected chi connectivity index (χ4v) is 2.68. The number of methoxy groups -OCH3 is 3. The normalized spacial score (nSPS) is 11.8. The van der Waals surface area contributed by atoms with Crippen LogP contribution in [0.25, 0.3) is 0 Å². The molecule has 2 aromatic rings. The number of rotatable bonds is 9. The summed E-state index contributed by atoms with van der Waals surface area (Å²) < 4.78 is 16.0. The minimum atomic E-state index is -0.879. The fraction of sp³-hybridized carbons (Fsp3) is 0.368. The third kappa shape index (κ3) is 4.71. The average Bonchev–Trinajstić information content (AvgIpc) is 2.64. The first-order valence-electron chi connectivity index (χ1n) is 8.19. The van der Waals surface area contributed by atoms with Gasteiger partial charge < -0.3 is 34.8 Å². The van der Waals surface area contributed by atoms with E-state index in [1.54, 1.807) is 21.3 Å². The molecule has 0 radical (unpaired) electrons. The summed E-state index contributed by atoms with van der Waals surface area (Å²) in [5, 5.41) is 32.4. The minimum Gasteiger partial charge on any atom is -0.508 e. The Labute approximate surface area is 152 Å². The highest BCUT2D eigenvalue weighted by Crippen LogP contribution is 2.38. The Balaban J connectivity index is 1.93. The van der Waals surface area contributed by atoms with Crippen LogP contribution in [0.2, 0.25) is 0 Å². The molecular weight excluding hydrogens is 338 g/mol. The number of ether oxygens (including phenoxy) is 3. The summed E-state index contributed by atoms with van der Waals surface area (Å²) in [4.78, 5) is 0. The molecule has 142 valence electrons. The Hall–Kier alpha value is -2.64. The van der Waals surface area contributed by atoms with Crippen molar-refractivity contribution in [2.24, 2.45) is 0 Å². The minimum absolute atomic E-state index is 0.0474. The number of aliphatic hydroxyl groups is 1. The summed E-state index contributed by atoms with van der Waals surface area (Å²) in [6, 6.07) is 7.88. The highest BCUT2D eigenvalue weighted by atomic mass is 16.5. The molecule has 2 rings (SSSR count). The number of aliphatic hydroxyl groups excluding tert-OH is 1. The molecular formula is C19H25NO6. The van der Waals surface area contributed by atoms with Gasteiger partial charge in [-0.15, -0.1) is 0 Å². The summed E-state index contributed by atoms with van der Waals surface area (Å²) in [6.07, 6.45) is -0.194. The molecule has 0 aliphatic heterocycles. The maximum Gasteiger partial charge on any atom is 0.203 e. The first-order valence-corrected chi connectivity index (χ1v) is 8.19. The quantitative estimate of drug-likeness (QED) is 0.506. The van der Waals surface area contributed by atoms with E-state index in [1.165, 1.54) is 18.2 Å². The average molecular weight is 363 g/mol. The van der Waals surface area contributed by atoms with E-state index in [2.05, 4.69) is 5.32 Å². The Morgan fingerprint density at radius 3 is 2.15 bits per heavy atom. The highest BCUT2D eigenvalue weighted by Gasteiger charge is 2.14. The summed E-state index contributed by atoms with van der Waals surface area (Å²) in [5.41, 5.74) is 1.36. The van der Waals surface area contributed by atoms with Crippen molar-refractivity contribution in [2.45, 2.75) is 12.5 Å². The zero-order valence-corrected chi connectivity index (χ0v) is 15.2. The summed E-state index contributed by atoms with van der Waals surface area (Å²) in [6.45, 7) is 0.872. The van der Waals surface area contributed by atoms with Crippen molar-refractivity contribution in [1.82, 2.24) is 5.32 Å². The number of phenols is 2. The van der Waals surface area contributed by atoms with Gasteiger partial charge in [0, 0.05) is 18.2 Å². The van der Waals surface area contributed by atoms with Crippen LogP contribution in [0.15, 0.2) is 30.3 Å². The molecule has 0 fully saturated rings. The molecule has 1 atom stereocenters. The zero-order chi connectivity index (χ0) is 19.1. The third-order valence-corrected chi connectivity index (χ3v) is 4.03. The lowest BCUT2D eigenvalue weighted by atomic mass is 10.1. The molecule has 26 heavy (non-hydrogen) atoms. The predicted octanol–water partition coefficient (Wildman–Crippen LogP) is 1.99. The Kier molecular flexibility index (Phi) is 6.94. The van der Waals surface area contributed by atoms with Gasteiger partial charge >= 0.3 is 0 Å². The van der Waals surface area contributed by atoms with Gasteiger partial charge in [0.1, 0.15) is 11.5 Å². The molecule has 7 heteroatoms. The van der Waals surface area contributed by atoms with E-state index in [0.29, 0.717) is 35.8 Å². The van der Waals surface area contributed by atoms with E-state index in [4.69, 9.17) is 14.2 Å². The fourth-order valence-electron chi connectivity index (χ4n) is 2.68. The Morgan fingerprint density at radius 1 is 0.962 bits per heavy atom. The molecule has 0 saturated carbocycles. The lowest BCUT2D eigenvalue weighted by Crippen LogP contribution is -2.23. The SMILES string of the molecule is COc1cc(CCNCC(O)c2ccc(O)cc2O)cc(OC)c1OC. The van der Waals surface area contributed by atoms with Crippen LogP contribution < -0.4 is 19.5 Å². The van der Waals surface area contributed by atoms with Crippen LogP contribution in [-0.4, -0.2) is 49.7 Å². The number of hydrogen-bond donors (Lipinski definition) is 4. The second kappa shape index (κ2) is 9.17. The second-order valence-electron chi connectivity index (χ2n) is 5.75. The second-order valence-corrected chi connectivity index (χ2v) is 5.75. The number of nitrogens with one attached hydrogen (secondary N) is 1. The maximum absolute atomic E-state index is 10.2. The van der Waals surface area contributed by atoms with E-state index in [0.717, 1.165) is 5.56 Å². The maximum atomic E-state index is 10.2. The molecule has 0 amide bonds. The summed E-state index contributed by atoms with van der Waals surface area (Å²) >= 11 is 0. The predicted molar refractivity (Wildman–Crippen MR) is 97.4 cm³/mol. The molecule has 0 spiro atoms. The van der Waals surface area contributed by atoms with Gasteiger partial charge in [-0.25, -0.2) is 0 Å². The molecule has 0 bridgehead atoms. The zero-order valence-electron chi connectivity index (χ0n) is 15.2. The first-order chi connectivity index (χ1) is 12.5. The van der Waals surface area contributed by atoms with Gasteiger partial charge in [0.2, 0.25) is 5.75 Å². The molecule has 0 aromatic heterocycles. The van der Waals surface area contributed by atoms with Gasteiger partial charge in [-0.3, -0.25) is 0 Å². The molecule has 7 nitrogen and oxygen atoms in total. The smallest absolute Gasteiger partial charge is 0.203 e. The van der Waals surface area contributed by atoms with Crippen LogP contribution in [0.1, 0.15) is 17.2 Å². The number of hydrogen-bond acceptors (Lipinski definition) is 7. The van der Waals surface area contributed by atoms with Crippen LogP contribution >= 0.6 is 0 Å². The van der Waals surface area contributed by atoms with E-state index in [1.807, 2.05) is 12.1 Å². The van der Waals surface area contributed by atoms with Gasteiger partial charge in [-0.05, 0) is 42.8 Å². The Bertz CT molecular complexity index is 709. The van der Waals surface area contributed by atoms with Crippen LogP contribution in [0, 0.1) is 0 Å². The van der Waals surface area contributed by atoms with E-state index in [-0.39, 0.29) is 18.0 Å². The van der Waals surface area contributed by atoms with Crippen LogP contribution in [0.3, 0.4) is 0 Å². The lowest BCUT2D eigenvalue weighted by molar-refractivity contribution is 0.171. The van der Waals surface area contributed by atoms with Crippen LogP contribution in [0.5, 0.6) is 28.7 Å². The highest BCUT2D eigenvalue weighted by molar-refractivity contribution is 5.53. The van der Waals surface area contributed by atoms with Crippen molar-refractivity contribution in [1.29, 1.82) is 0 Å². The standard InChI is InChI=1S/C19H25NO6/c1-24-17-8-12(9-18(25-2)19(17)26-3)6-7-20-11-16(23)14-5-4-13(21)10-15(14)22/h4-5,8-10,16,20-23H,6-7,11H2,1-3H3. The van der Waals surface area contributed by atoms with Crippen molar-refractivity contribution < 1.29 is 29.5 Å². The van der Waals surface area contributed by atoms with Gasteiger partial charge in [-0.1, -0.05) is 0 Å². The molecule has 0 aliphatic rings. The number of aromatic hydroxyl groups is 2. The molecule has 0 saturated heterocycles. The van der Waals surface area contributed by atoms with Gasteiger partial charge in [-0.2, -0.15) is 0 Å². The monoisotopic (exact) mass is 363 g/mol. The van der Waals surface area contributed by atoms with Crippen molar-refractivity contribution in [2.75, 3.05) is 34.4 Å². The summed E-state index contributed by atoms with van der Waals surface area (Å²) in [7, 11) is 4.70. The van der Waals surface area contributed by atoms with Crippen molar-refractivity contribution in [3.63, 3.8) is 0 Å². The molecule has 4 N–H and O–H groups in total. The molecule has 0 aliphatic carbocycles. The largest absolute Gasteiger partial charge is 0.508 e. The van der Waals surface area contributed by atoms with E-state index < -0.39 is 6.10 Å². The van der Waals surface area contributed by atoms with Crippen molar-refractivity contribution in [3.05, 3.63) is 41.5 Å². The van der Waals surface area contributed by atoms with Gasteiger partial charge in [0.05, 0.1) is 27.4 Å². The van der Waals surface area contributed by atoms with E-state index >= 15 is 0 Å². The topological polar surface area (TPSA) is 100 Å². The van der Waals surface area contributed by atoms with E-state index in [9.17, 15) is 15.3 Å². The number of benzene rings is 2. The van der Waals surface area contributed by atoms with Gasteiger partial charge in [0.15, 0.2) is 11.5 Å². The molecule has 1 unspecified atom stereocenters. The Morgan fingerprint density at radius 2 is 1.62 bits per heavy atom. The lowest BCUT2D eigenvalue weighted by Gasteiger charge is -2.15. The third-order valence-electron chi connectivity index (χ3n) is 4.03. The summed E-state index contributed by atoms with van der Waals surface area (Å²) in [5.74, 6) is 1.55. The van der Waals surface area contributed by atoms with Crippen LogP contribution in [-0.2, 0) is 6.42 Å². The van der Waals surface area contributed by atoms with Gasteiger partial charge in [0.25, 0.3) is 0 Å². The first kappa shape index (κ1) is 19.7.